The van der Waals surface area contributed by atoms with Gasteiger partial charge in [0.2, 0.25) is 29.5 Å². The second kappa shape index (κ2) is 67.8. The van der Waals surface area contributed by atoms with E-state index in [-0.39, 0.29) is 172 Å². The Kier molecular flexibility index (Phi) is 60.8. The van der Waals surface area contributed by atoms with Crippen LogP contribution in [0.5, 0.6) is 0 Å². The smallest absolute Gasteiger partial charge is 0.333 e. The minimum atomic E-state index is -4.34. The molecule has 55 heteroatoms. The average molecular weight is 2190 g/mol. The Labute approximate surface area is 862 Å². The second-order valence-electron chi connectivity index (χ2n) is 39.0. The number of cyclic esters (lactones) is 2. The molecule has 0 aromatic carbocycles. The Hall–Kier alpha value is -7.21. The van der Waals surface area contributed by atoms with Crippen LogP contribution in [0.4, 0.5) is 14.4 Å². The highest BCUT2D eigenvalue weighted by molar-refractivity contribution is 8.00. The van der Waals surface area contributed by atoms with Crippen molar-refractivity contribution in [3.63, 3.8) is 0 Å². The molecule has 144 heavy (non-hydrogen) atoms. The molecule has 0 aromatic heterocycles. The number of hydroxylamine groups is 2. The molecular formula is C89H163N19O29S7. The number of thioether (sulfide) groups is 3. The van der Waals surface area contributed by atoms with Gasteiger partial charge in [0.1, 0.15) is 0 Å². The van der Waals surface area contributed by atoms with Gasteiger partial charge in [-0.2, -0.15) is 35.3 Å². The van der Waals surface area contributed by atoms with Crippen LogP contribution in [0.25, 0.3) is 0 Å². The quantitative estimate of drug-likeness (QED) is 0.00694. The van der Waals surface area contributed by atoms with Gasteiger partial charge in [0, 0.05) is 236 Å². The van der Waals surface area contributed by atoms with E-state index >= 15 is 0 Å². The Morgan fingerprint density at radius 2 is 0.611 bits per heavy atom. The molecule has 48 nitrogen and oxygen atoms in total. The molecule has 12 unspecified atom stereocenters. The summed E-state index contributed by atoms with van der Waals surface area (Å²) in [6, 6.07) is 0.894. The Balaban J connectivity index is 0.000000405. The van der Waals surface area contributed by atoms with Crippen molar-refractivity contribution in [3.8, 4) is 0 Å². The maximum atomic E-state index is 12.4. The van der Waals surface area contributed by atoms with E-state index in [9.17, 15) is 119 Å². The van der Waals surface area contributed by atoms with Gasteiger partial charge >= 0.3 is 42.0 Å². The SMILES string of the molecule is C[N+](CCCN)(CCCN)CCCS(=O)(=O)[O-].C[N+](CCCN)(CCCNC(=O)CCCCC1SCC2NC(=O)NC21)CCCS(=O)(=O)[O-].C[N+](CCCNC(=O)CCCCC1SCC2NC(=O)NC21)(CCCNC(=O)CCCC(=O)O)CCCS(=O)(=O)[O-].C[N+](CCCNC(=O)CCCCC1SCC2NC(=O)NC21)(CCCNC(=O)CCCC(=O)ON1C(=O)CCC1=O)CCCS(=O)(=O)[O-].O=C1CCCC(=O)O1. The highest BCUT2D eigenvalue weighted by atomic mass is 32.2. The molecule has 8 saturated heterocycles. The highest BCUT2D eigenvalue weighted by Crippen LogP contribution is 2.36. The van der Waals surface area contributed by atoms with E-state index < -0.39 is 75.7 Å². The zero-order chi connectivity index (χ0) is 107. The third-order valence-corrected chi connectivity index (χ3v) is 33.7. The first kappa shape index (κ1) is 129. The van der Waals surface area contributed by atoms with E-state index in [1.54, 1.807) is 0 Å². The van der Waals surface area contributed by atoms with Gasteiger partial charge in [0.25, 0.3) is 11.8 Å². The number of esters is 2. The number of hydrogen-bond donors (Lipinski definition) is 15. The van der Waals surface area contributed by atoms with Crippen molar-refractivity contribution < 1.29 is 152 Å². The molecule has 0 radical (unpaired) electrons. The van der Waals surface area contributed by atoms with Crippen LogP contribution in [0.2, 0.25) is 0 Å². The molecule has 18 N–H and O–H groups in total. The number of carbonyl (C=O) groups excluding carboxylic acids is 13. The Morgan fingerprint density at radius 1 is 0.361 bits per heavy atom. The second-order valence-corrected chi connectivity index (χ2v) is 48.9. The number of nitrogens with one attached hydrogen (secondary N) is 11. The summed E-state index contributed by atoms with van der Waals surface area (Å²) < 4.78 is 137. The summed E-state index contributed by atoms with van der Waals surface area (Å²) in [5.74, 6) is -2.81. The number of urea groups is 3. The van der Waals surface area contributed by atoms with Crippen LogP contribution in [0.1, 0.15) is 225 Å². The number of ether oxygens (including phenoxy) is 1. The van der Waals surface area contributed by atoms with Crippen molar-refractivity contribution in [1.82, 2.24) is 63.5 Å². The normalized spacial score (nSPS) is 21.3. The van der Waals surface area contributed by atoms with Crippen LogP contribution in [-0.2, 0) is 103 Å². The molecule has 0 aromatic rings. The van der Waals surface area contributed by atoms with Gasteiger partial charge in [0.05, 0.1) is 183 Å². The zero-order valence-corrected chi connectivity index (χ0v) is 90.0. The lowest BCUT2D eigenvalue weighted by atomic mass is 10.0. The van der Waals surface area contributed by atoms with E-state index in [0.717, 1.165) is 131 Å². The van der Waals surface area contributed by atoms with E-state index in [1.807, 2.05) is 56.4 Å². The Morgan fingerprint density at radius 3 is 0.854 bits per heavy atom. The molecule has 8 fully saturated rings. The lowest BCUT2D eigenvalue weighted by molar-refractivity contribution is -0.909. The number of carboxylic acid groups (broad SMARTS) is 1. The molecular weight excluding hydrogens is 2020 g/mol. The highest BCUT2D eigenvalue weighted by Gasteiger charge is 2.46. The molecule has 8 aliphatic rings. The summed E-state index contributed by atoms with van der Waals surface area (Å²) >= 11 is 5.60. The van der Waals surface area contributed by atoms with Crippen LogP contribution in [0, 0.1) is 0 Å². The fourth-order valence-corrected chi connectivity index (χ4v) is 24.7. The Bertz CT molecular complexity index is 4490. The fourth-order valence-electron chi connectivity index (χ4n) is 18.2. The molecule has 13 amide bonds. The maximum absolute atomic E-state index is 12.4. The topological polar surface area (TPSA) is 720 Å². The van der Waals surface area contributed by atoms with E-state index in [4.69, 9.17) is 27.1 Å². The first-order chi connectivity index (χ1) is 67.8. The first-order valence-electron chi connectivity index (χ1n) is 50.4. The number of imide groups is 1. The lowest BCUT2D eigenvalue weighted by Crippen LogP contribution is -2.48. The molecule has 830 valence electrons. The minimum absolute atomic E-state index is 0.00464. The van der Waals surface area contributed by atoms with Crippen molar-refractivity contribution >= 4 is 159 Å². The number of fused-ring (bicyclic) bond motifs is 3. The number of nitrogens with two attached hydrogens (primary N) is 3. The molecule has 0 aliphatic carbocycles. The third kappa shape index (κ3) is 58.7. The van der Waals surface area contributed by atoms with Gasteiger partial charge < -0.3 is 127 Å². The summed E-state index contributed by atoms with van der Waals surface area (Å²) in [6.45, 7) is 12.3. The summed E-state index contributed by atoms with van der Waals surface area (Å²) in [5, 5.41) is 42.5. The van der Waals surface area contributed by atoms with Crippen molar-refractivity contribution in [1.29, 1.82) is 0 Å². The first-order valence-corrected chi connectivity index (χ1v) is 59.9. The molecule has 0 saturated carbocycles. The number of amides is 13. The molecule has 12 atom stereocenters. The molecule has 0 bridgehead atoms. The number of carbonyl (C=O) groups is 14. The monoisotopic (exact) mass is 2190 g/mol. The number of aliphatic carboxylic acids is 1. The number of quaternary nitrogens is 4. The number of hydrogen-bond acceptors (Lipinski definition) is 34. The number of unbranched alkanes of at least 4 members (excludes halogenated alkanes) is 3. The summed E-state index contributed by atoms with van der Waals surface area (Å²) in [4.78, 5) is 166. The predicted molar refractivity (Wildman–Crippen MR) is 538 cm³/mol. The van der Waals surface area contributed by atoms with Crippen LogP contribution in [0.15, 0.2) is 0 Å². The fraction of sp³-hybridized carbons (Fsp3) is 0.843. The maximum Gasteiger partial charge on any atom is 0.333 e. The van der Waals surface area contributed by atoms with Crippen LogP contribution in [-0.4, -0.2) is 415 Å². The van der Waals surface area contributed by atoms with Gasteiger partial charge in [-0.15, -0.1) is 5.06 Å². The van der Waals surface area contributed by atoms with Gasteiger partial charge in [-0.05, 0) is 77.4 Å². The van der Waals surface area contributed by atoms with Crippen LogP contribution >= 0.6 is 35.3 Å². The number of carboxylic acids is 1. The van der Waals surface area contributed by atoms with Crippen molar-refractivity contribution in [2.24, 2.45) is 17.2 Å². The molecule has 8 heterocycles. The molecule has 0 spiro atoms. The van der Waals surface area contributed by atoms with E-state index in [1.165, 1.54) is 0 Å². The van der Waals surface area contributed by atoms with Gasteiger partial charge in [-0.3, -0.25) is 47.9 Å². The minimum Gasteiger partial charge on any atom is -0.748 e. The van der Waals surface area contributed by atoms with Gasteiger partial charge in [-0.1, -0.05) is 19.3 Å². The summed E-state index contributed by atoms with van der Waals surface area (Å²) in [7, 11) is -8.89. The van der Waals surface area contributed by atoms with Gasteiger partial charge in [-0.25, -0.2) is 52.8 Å². The van der Waals surface area contributed by atoms with E-state index in [2.05, 4.69) is 70.3 Å². The van der Waals surface area contributed by atoms with Crippen molar-refractivity contribution in [2.45, 2.75) is 277 Å². The van der Waals surface area contributed by atoms with E-state index in [0.29, 0.717) is 216 Å². The van der Waals surface area contributed by atoms with Crippen LogP contribution < -0.4 is 75.7 Å². The molecule has 8 aliphatic heterocycles. The van der Waals surface area contributed by atoms with Gasteiger partial charge in [0.15, 0.2) is 0 Å². The zero-order valence-electron chi connectivity index (χ0n) is 84.2. The summed E-state index contributed by atoms with van der Waals surface area (Å²) in [6.07, 6.45) is 18.4. The van der Waals surface area contributed by atoms with Crippen molar-refractivity contribution in [2.75, 3.05) is 199 Å². The predicted octanol–water partition coefficient (Wildman–Crippen LogP) is -0.499. The standard InChI is InChI=1S/C29H48N6O10S2.C25H45N5O8S2.C20H39N5O5S2.C10H25N3O3S.C5H6O3/c1-35(18-7-19-47(42,43)44,17-6-15-31-24(37)10-4-11-27(40)45-34-25(38)12-13-26(34)39)16-5-14-30-23(36)9-3-2-8-22-28-21(20-46-22)32-29(41)33-28;1-30(16-7-17-40(36,37)38,15-6-13-27-22(32)10-4-11-23(33)34)14-5-12-26-21(31)9-3-2-8-20-24-19(18-39-20)28-25(35)29-24;1-25(11-4-9-21,13-6-14-32(28,29)30)12-5-10-22-18(26)8-3-2-7-17-19-16(15-31-17)23-20(27)24-19;1-13(7-2-5-11,8-3-6-12)9-4-10-17(14,15)16;6-4-2-1-3-5(7)8-4/h21-22,28H,2-20H2,1H3,(H4-,30,31,32,33,36,37,41,42,43,44);19-20,24H,2-18H2,1H3,(H5-,26,27,28,29,31,32,33,34,35,36,37,38);16-17,19H,2-15,21H2,1H3,(H3-,22,23,24,26,27,28,29,30);2-12H2,1H3;1-3H2. The largest absolute Gasteiger partial charge is 0.748 e. The average Bonchev–Trinajstić information content (AvgIpc) is 1.67. The van der Waals surface area contributed by atoms with Crippen molar-refractivity contribution in [3.05, 3.63) is 0 Å². The van der Waals surface area contributed by atoms with Crippen LogP contribution in [0.3, 0.4) is 0 Å². The lowest BCUT2D eigenvalue weighted by Gasteiger charge is -2.35. The summed E-state index contributed by atoms with van der Waals surface area (Å²) in [5.41, 5.74) is 16.6. The molecule has 8 rings (SSSR count). The number of nitrogens with zero attached hydrogens (tertiary/aromatic N) is 5. The third-order valence-electron chi connectivity index (χ3n) is 26.1. The number of rotatable bonds is 69.